The molecule has 144 valence electrons. The first-order chi connectivity index (χ1) is 12.5. The van der Waals surface area contributed by atoms with E-state index < -0.39 is 0 Å². The van der Waals surface area contributed by atoms with E-state index in [1.54, 1.807) is 0 Å². The Morgan fingerprint density at radius 3 is 2.04 bits per heavy atom. The molecule has 2 rings (SSSR count). The zero-order valence-corrected chi connectivity index (χ0v) is 16.6. The Bertz CT molecular complexity index is 568. The van der Waals surface area contributed by atoms with Gasteiger partial charge in [0.25, 0.3) is 0 Å². The van der Waals surface area contributed by atoms with Crippen LogP contribution >= 0.6 is 0 Å². The molecule has 1 aromatic rings. The van der Waals surface area contributed by atoms with Gasteiger partial charge in [-0.2, -0.15) is 0 Å². The Morgan fingerprint density at radius 1 is 0.962 bits per heavy atom. The standard InChI is InChI=1S/C22H34N2O2/c1-4-14-24(15-5-2)22(26)20-12-10-19(11-13-20)21(25)23-16-18-8-6-17(3)7-9-18/h6-9,19-20H,4-5,10-16H2,1-3H3,(H,23,25). The lowest BCUT2D eigenvalue weighted by Gasteiger charge is -2.31. The second kappa shape index (κ2) is 10.3. The molecule has 0 aliphatic heterocycles. The summed E-state index contributed by atoms with van der Waals surface area (Å²) < 4.78 is 0. The van der Waals surface area contributed by atoms with Crippen LogP contribution in [0.5, 0.6) is 0 Å². The third-order valence-electron chi connectivity index (χ3n) is 5.33. The minimum absolute atomic E-state index is 0.0512. The highest BCUT2D eigenvalue weighted by Crippen LogP contribution is 2.30. The highest BCUT2D eigenvalue weighted by Gasteiger charge is 2.31. The molecule has 26 heavy (non-hydrogen) atoms. The van der Waals surface area contributed by atoms with E-state index in [-0.39, 0.29) is 17.7 Å². The molecule has 0 atom stereocenters. The highest BCUT2D eigenvalue weighted by atomic mass is 16.2. The Hall–Kier alpha value is -1.84. The fourth-order valence-electron chi connectivity index (χ4n) is 3.77. The summed E-state index contributed by atoms with van der Waals surface area (Å²) >= 11 is 0. The summed E-state index contributed by atoms with van der Waals surface area (Å²) in [6.45, 7) is 8.58. The summed E-state index contributed by atoms with van der Waals surface area (Å²) in [5, 5.41) is 3.06. The molecule has 1 aliphatic rings. The number of carbonyl (C=O) groups is 2. The summed E-state index contributed by atoms with van der Waals surface area (Å²) in [6, 6.07) is 8.25. The van der Waals surface area contributed by atoms with Gasteiger partial charge in [-0.3, -0.25) is 9.59 Å². The number of hydrogen-bond donors (Lipinski definition) is 1. The van der Waals surface area contributed by atoms with Gasteiger partial charge in [0.05, 0.1) is 0 Å². The van der Waals surface area contributed by atoms with E-state index in [9.17, 15) is 9.59 Å². The molecule has 0 radical (unpaired) electrons. The first-order valence-corrected chi connectivity index (χ1v) is 10.2. The molecule has 0 saturated heterocycles. The van der Waals surface area contributed by atoms with Gasteiger partial charge in [-0.15, -0.1) is 0 Å². The summed E-state index contributed by atoms with van der Waals surface area (Å²) in [4.78, 5) is 27.2. The molecule has 0 heterocycles. The van der Waals surface area contributed by atoms with Crippen molar-refractivity contribution >= 4 is 11.8 Å². The minimum atomic E-state index is 0.0512. The van der Waals surface area contributed by atoms with Crippen molar-refractivity contribution in [3.05, 3.63) is 35.4 Å². The van der Waals surface area contributed by atoms with Crippen LogP contribution in [0.4, 0.5) is 0 Å². The molecule has 0 unspecified atom stereocenters. The number of hydrogen-bond acceptors (Lipinski definition) is 2. The first-order valence-electron chi connectivity index (χ1n) is 10.2. The maximum atomic E-state index is 12.7. The van der Waals surface area contributed by atoms with Crippen molar-refractivity contribution in [3.8, 4) is 0 Å². The van der Waals surface area contributed by atoms with Crippen LogP contribution in [0.1, 0.15) is 63.5 Å². The van der Waals surface area contributed by atoms with Crippen LogP contribution < -0.4 is 5.32 Å². The van der Waals surface area contributed by atoms with Gasteiger partial charge in [0.2, 0.25) is 11.8 Å². The normalized spacial score (nSPS) is 19.8. The molecule has 2 amide bonds. The van der Waals surface area contributed by atoms with Gasteiger partial charge < -0.3 is 10.2 Å². The smallest absolute Gasteiger partial charge is 0.225 e. The summed E-state index contributed by atoms with van der Waals surface area (Å²) in [5.41, 5.74) is 2.35. The number of nitrogens with one attached hydrogen (secondary N) is 1. The number of nitrogens with zero attached hydrogens (tertiary/aromatic N) is 1. The predicted molar refractivity (Wildman–Crippen MR) is 106 cm³/mol. The third-order valence-corrected chi connectivity index (χ3v) is 5.33. The third kappa shape index (κ3) is 5.86. The van der Waals surface area contributed by atoms with Gasteiger partial charge in [0.15, 0.2) is 0 Å². The predicted octanol–water partition coefficient (Wildman–Crippen LogP) is 4.07. The fourth-order valence-corrected chi connectivity index (χ4v) is 3.77. The van der Waals surface area contributed by atoms with Gasteiger partial charge in [-0.1, -0.05) is 43.7 Å². The van der Waals surface area contributed by atoms with Crippen LogP contribution in [-0.2, 0) is 16.1 Å². The number of aryl methyl sites for hydroxylation is 1. The molecule has 4 heteroatoms. The van der Waals surface area contributed by atoms with E-state index in [2.05, 4.69) is 50.4 Å². The van der Waals surface area contributed by atoms with E-state index in [4.69, 9.17) is 0 Å². The molecule has 1 fully saturated rings. The lowest BCUT2D eigenvalue weighted by molar-refractivity contribution is -0.138. The average molecular weight is 359 g/mol. The highest BCUT2D eigenvalue weighted by molar-refractivity contribution is 5.81. The van der Waals surface area contributed by atoms with Gasteiger partial charge in [0.1, 0.15) is 0 Å². The second-order valence-electron chi connectivity index (χ2n) is 7.58. The molecule has 1 aromatic carbocycles. The minimum Gasteiger partial charge on any atom is -0.352 e. The maximum absolute atomic E-state index is 12.7. The van der Waals surface area contributed by atoms with Gasteiger partial charge in [0, 0.05) is 31.5 Å². The summed E-state index contributed by atoms with van der Waals surface area (Å²) in [5.74, 6) is 0.590. The topological polar surface area (TPSA) is 49.4 Å². The van der Waals surface area contributed by atoms with Crippen LogP contribution in [0.25, 0.3) is 0 Å². The van der Waals surface area contributed by atoms with Crippen LogP contribution in [0.15, 0.2) is 24.3 Å². The van der Waals surface area contributed by atoms with Crippen molar-refractivity contribution < 1.29 is 9.59 Å². The molecule has 0 spiro atoms. The second-order valence-corrected chi connectivity index (χ2v) is 7.58. The number of amides is 2. The van der Waals surface area contributed by atoms with Crippen molar-refractivity contribution in [3.63, 3.8) is 0 Å². The van der Waals surface area contributed by atoms with Crippen molar-refractivity contribution in [2.75, 3.05) is 13.1 Å². The van der Waals surface area contributed by atoms with E-state index in [1.807, 2.05) is 4.90 Å². The lowest BCUT2D eigenvalue weighted by atomic mass is 9.81. The Morgan fingerprint density at radius 2 is 1.50 bits per heavy atom. The molecule has 0 bridgehead atoms. The SMILES string of the molecule is CCCN(CCC)C(=O)C1CCC(C(=O)NCc2ccc(C)cc2)CC1. The number of carbonyl (C=O) groups excluding carboxylic acids is 2. The van der Waals surface area contributed by atoms with Crippen molar-refractivity contribution in [1.29, 1.82) is 0 Å². The summed E-state index contributed by atoms with van der Waals surface area (Å²) in [6.07, 6.45) is 5.33. The summed E-state index contributed by atoms with van der Waals surface area (Å²) in [7, 11) is 0. The molecule has 1 N–H and O–H groups in total. The molecular formula is C22H34N2O2. The quantitative estimate of drug-likeness (QED) is 0.762. The van der Waals surface area contributed by atoms with E-state index in [1.165, 1.54) is 5.56 Å². The van der Waals surface area contributed by atoms with Crippen molar-refractivity contribution in [2.24, 2.45) is 11.8 Å². The fraction of sp³-hybridized carbons (Fsp3) is 0.636. The monoisotopic (exact) mass is 358 g/mol. The van der Waals surface area contributed by atoms with Crippen molar-refractivity contribution in [2.45, 2.75) is 65.8 Å². The maximum Gasteiger partial charge on any atom is 0.225 e. The molecule has 1 saturated carbocycles. The van der Waals surface area contributed by atoms with Crippen LogP contribution in [-0.4, -0.2) is 29.8 Å². The number of rotatable bonds is 8. The van der Waals surface area contributed by atoms with Crippen molar-refractivity contribution in [1.82, 2.24) is 10.2 Å². The Balaban J connectivity index is 1.78. The zero-order valence-electron chi connectivity index (χ0n) is 16.6. The van der Waals surface area contributed by atoms with Gasteiger partial charge in [-0.05, 0) is 51.0 Å². The average Bonchev–Trinajstić information content (AvgIpc) is 2.66. The van der Waals surface area contributed by atoms with Gasteiger partial charge >= 0.3 is 0 Å². The number of benzene rings is 1. The zero-order chi connectivity index (χ0) is 18.9. The largest absolute Gasteiger partial charge is 0.352 e. The van der Waals surface area contributed by atoms with Gasteiger partial charge in [-0.25, -0.2) is 0 Å². The van der Waals surface area contributed by atoms with E-state index in [0.29, 0.717) is 12.5 Å². The molecular weight excluding hydrogens is 324 g/mol. The first kappa shape index (κ1) is 20.5. The molecule has 4 nitrogen and oxygen atoms in total. The van der Waals surface area contributed by atoms with Crippen LogP contribution in [0, 0.1) is 18.8 Å². The van der Waals surface area contributed by atoms with Crippen LogP contribution in [0.2, 0.25) is 0 Å². The Kier molecular flexibility index (Phi) is 8.14. The Labute approximate surface area is 158 Å². The van der Waals surface area contributed by atoms with Crippen LogP contribution in [0.3, 0.4) is 0 Å². The van der Waals surface area contributed by atoms with E-state index >= 15 is 0 Å². The lowest BCUT2D eigenvalue weighted by Crippen LogP contribution is -2.40. The molecule has 0 aromatic heterocycles. The van der Waals surface area contributed by atoms with E-state index in [0.717, 1.165) is 57.2 Å². The molecule has 1 aliphatic carbocycles.